The first-order valence-electron chi connectivity index (χ1n) is 10.8. The number of fused-ring (bicyclic) bond motifs is 1. The van der Waals surface area contributed by atoms with Crippen molar-refractivity contribution in [1.29, 1.82) is 0 Å². The van der Waals surface area contributed by atoms with Gasteiger partial charge in [-0.2, -0.15) is 35.1 Å². The Balaban J connectivity index is 1.78. The predicted molar refractivity (Wildman–Crippen MR) is 136 cm³/mol. The summed E-state index contributed by atoms with van der Waals surface area (Å²) in [5.74, 6) is -1.66. The van der Waals surface area contributed by atoms with Crippen LogP contribution in [0.15, 0.2) is 42.7 Å². The number of H-pyrrole nitrogens is 1. The first kappa shape index (κ1) is 27.1. The minimum atomic E-state index is -4.86. The number of benzene rings is 1. The van der Waals surface area contributed by atoms with Gasteiger partial charge in [-0.15, -0.1) is 0 Å². The van der Waals surface area contributed by atoms with Crippen molar-refractivity contribution in [2.24, 2.45) is 0 Å². The highest BCUT2D eigenvalue weighted by Crippen LogP contribution is 2.31. The molecule has 0 aliphatic rings. The van der Waals surface area contributed by atoms with Crippen LogP contribution in [0.1, 0.15) is 33.5 Å². The van der Waals surface area contributed by atoms with Gasteiger partial charge in [-0.1, -0.05) is 11.6 Å². The lowest BCUT2D eigenvalue weighted by Crippen LogP contribution is -2.49. The lowest BCUT2D eigenvalue weighted by atomic mass is 10.0. The van der Waals surface area contributed by atoms with E-state index in [1.807, 2.05) is 0 Å². The number of thioether (sulfide) groups is 1. The van der Waals surface area contributed by atoms with Gasteiger partial charge in [-0.25, -0.2) is 9.67 Å². The summed E-state index contributed by atoms with van der Waals surface area (Å²) in [6.07, 6.45) is 0.233. The molecule has 0 bridgehead atoms. The van der Waals surface area contributed by atoms with Crippen molar-refractivity contribution in [1.82, 2.24) is 30.3 Å². The fourth-order valence-corrected chi connectivity index (χ4v) is 4.58. The Bertz CT molecular complexity index is 1540. The van der Waals surface area contributed by atoms with Crippen molar-refractivity contribution in [3.63, 3.8) is 0 Å². The van der Waals surface area contributed by atoms with E-state index in [1.165, 1.54) is 49.3 Å². The highest BCUT2D eigenvalue weighted by Gasteiger charge is 2.37. The number of aromatic nitrogens is 5. The maximum atomic E-state index is 13.5. The van der Waals surface area contributed by atoms with E-state index in [9.17, 15) is 27.6 Å². The second kappa shape index (κ2) is 10.5. The lowest BCUT2D eigenvalue weighted by molar-refractivity contribution is -0.141. The molecule has 198 valence electrons. The van der Waals surface area contributed by atoms with Crippen molar-refractivity contribution in [2.75, 3.05) is 17.3 Å². The minimum absolute atomic E-state index is 0.0423. The first-order valence-corrected chi connectivity index (χ1v) is 12.6. The Kier molecular flexibility index (Phi) is 7.47. The smallest absolute Gasteiger partial charge is 0.339 e. The van der Waals surface area contributed by atoms with Gasteiger partial charge >= 0.3 is 6.18 Å². The molecule has 0 spiro atoms. The number of nitrogens with zero attached hydrogens (tertiary/aromatic N) is 4. The van der Waals surface area contributed by atoms with Crippen molar-refractivity contribution in [3.8, 4) is 5.82 Å². The van der Waals surface area contributed by atoms with Crippen LogP contribution >= 0.6 is 23.4 Å². The quantitative estimate of drug-likeness (QED) is 0.274. The van der Waals surface area contributed by atoms with Crippen LogP contribution in [-0.2, 0) is 11.0 Å². The van der Waals surface area contributed by atoms with Gasteiger partial charge in [0.25, 0.3) is 11.8 Å². The topological polar surface area (TPSA) is 135 Å². The SMILES string of the molecule is CSCC(C)(C=O)NC(=O)c1c(NC(=O)c2cc(C(F)(F)F)nn2-c2ncccc2Cl)ccc2cn[nH]c12. The number of hydrogen-bond donors (Lipinski definition) is 3. The predicted octanol–water partition coefficient (Wildman–Crippen LogP) is 4.12. The zero-order valence-electron chi connectivity index (χ0n) is 19.8. The highest BCUT2D eigenvalue weighted by molar-refractivity contribution is 7.98. The number of hydrogen-bond acceptors (Lipinski definition) is 7. The molecule has 0 aliphatic carbocycles. The molecule has 4 rings (SSSR count). The number of carbonyl (C=O) groups is 3. The van der Waals surface area contributed by atoms with Crippen LogP contribution in [0, 0.1) is 0 Å². The summed E-state index contributed by atoms with van der Waals surface area (Å²) >= 11 is 7.45. The van der Waals surface area contributed by atoms with Gasteiger partial charge in [-0.05, 0) is 37.4 Å². The maximum Gasteiger partial charge on any atom is 0.435 e. The van der Waals surface area contributed by atoms with Crippen molar-refractivity contribution in [3.05, 3.63) is 64.7 Å². The van der Waals surface area contributed by atoms with Gasteiger partial charge < -0.3 is 15.4 Å². The minimum Gasteiger partial charge on any atom is -0.339 e. The van der Waals surface area contributed by atoms with Gasteiger partial charge in [0.1, 0.15) is 17.5 Å². The van der Waals surface area contributed by atoms with Crippen LogP contribution < -0.4 is 10.6 Å². The van der Waals surface area contributed by atoms with Crippen molar-refractivity contribution < 1.29 is 27.6 Å². The van der Waals surface area contributed by atoms with E-state index >= 15 is 0 Å². The normalized spacial score (nSPS) is 13.2. The molecule has 3 aromatic heterocycles. The summed E-state index contributed by atoms with van der Waals surface area (Å²) in [5, 5.41) is 15.7. The Labute approximate surface area is 222 Å². The highest BCUT2D eigenvalue weighted by atomic mass is 35.5. The zero-order chi connectivity index (χ0) is 27.7. The van der Waals surface area contributed by atoms with Crippen molar-refractivity contribution >= 4 is 58.1 Å². The number of halogens is 4. The molecule has 0 fully saturated rings. The number of carbonyl (C=O) groups excluding carboxylic acids is 3. The number of aromatic amines is 1. The molecule has 2 amide bonds. The molecule has 3 N–H and O–H groups in total. The summed E-state index contributed by atoms with van der Waals surface area (Å²) < 4.78 is 41.2. The molecule has 1 atom stereocenters. The number of rotatable bonds is 8. The average Bonchev–Trinajstić information content (AvgIpc) is 3.52. The first-order chi connectivity index (χ1) is 18.0. The molecule has 0 radical (unpaired) electrons. The van der Waals surface area contributed by atoms with Gasteiger partial charge in [0.05, 0.1) is 28.0 Å². The lowest BCUT2D eigenvalue weighted by Gasteiger charge is -2.24. The van der Waals surface area contributed by atoms with Crippen LogP contribution in [0.2, 0.25) is 5.02 Å². The Hall–Kier alpha value is -3.91. The molecule has 0 saturated carbocycles. The van der Waals surface area contributed by atoms with E-state index in [-0.39, 0.29) is 33.4 Å². The summed E-state index contributed by atoms with van der Waals surface area (Å²) in [7, 11) is 0. The molecule has 4 aromatic rings. The molecule has 0 saturated heterocycles. The molecule has 0 aliphatic heterocycles. The Morgan fingerprint density at radius 1 is 1.24 bits per heavy atom. The molecule has 1 aromatic carbocycles. The largest absolute Gasteiger partial charge is 0.435 e. The van der Waals surface area contributed by atoms with Crippen LogP contribution in [-0.4, -0.2) is 60.6 Å². The molecule has 3 heterocycles. The standard InChI is InChI=1S/C23H19ClF3N7O3S/c1-22(10-35,11-38-2)31-21(37)17-14(6-5-12-9-29-32-18(12)17)30-20(36)15-8-16(23(25,26)27)33-34(15)19-13(24)4-3-7-28-19/h3-10H,11H2,1-2H3,(H,29,32)(H,30,36)(H,31,37). The van der Waals surface area contributed by atoms with Gasteiger partial charge in [0.15, 0.2) is 11.5 Å². The number of anilines is 1. The number of amides is 2. The number of aldehydes is 1. The zero-order valence-corrected chi connectivity index (χ0v) is 21.3. The monoisotopic (exact) mass is 565 g/mol. The molecular formula is C23H19ClF3N7O3S. The second-order valence-corrected chi connectivity index (χ2v) is 9.61. The Morgan fingerprint density at radius 2 is 2.00 bits per heavy atom. The number of nitrogens with one attached hydrogen (secondary N) is 3. The molecular weight excluding hydrogens is 547 g/mol. The van der Waals surface area contributed by atoms with E-state index in [0.29, 0.717) is 22.4 Å². The summed E-state index contributed by atoms with van der Waals surface area (Å²) in [6.45, 7) is 1.54. The third-order valence-corrected chi connectivity index (χ3v) is 6.55. The fourth-order valence-electron chi connectivity index (χ4n) is 3.64. The summed E-state index contributed by atoms with van der Waals surface area (Å²) in [4.78, 5) is 42.3. The maximum absolute atomic E-state index is 13.5. The van der Waals surface area contributed by atoms with E-state index < -0.39 is 34.9 Å². The van der Waals surface area contributed by atoms with Crippen LogP contribution in [0.3, 0.4) is 0 Å². The summed E-state index contributed by atoms with van der Waals surface area (Å²) in [5.41, 5.74) is -2.97. The van der Waals surface area contributed by atoms with Gasteiger partial charge in [0, 0.05) is 23.4 Å². The van der Waals surface area contributed by atoms with Crippen LogP contribution in [0.4, 0.5) is 18.9 Å². The summed E-state index contributed by atoms with van der Waals surface area (Å²) in [6, 6.07) is 6.36. The van der Waals surface area contributed by atoms with Gasteiger partial charge in [-0.3, -0.25) is 14.7 Å². The average molecular weight is 566 g/mol. The van der Waals surface area contributed by atoms with Gasteiger partial charge in [0.2, 0.25) is 0 Å². The van der Waals surface area contributed by atoms with E-state index in [4.69, 9.17) is 11.6 Å². The van der Waals surface area contributed by atoms with Crippen LogP contribution in [0.5, 0.6) is 0 Å². The van der Waals surface area contributed by atoms with Crippen molar-refractivity contribution in [2.45, 2.75) is 18.6 Å². The van der Waals surface area contributed by atoms with Crippen LogP contribution in [0.25, 0.3) is 16.7 Å². The second-order valence-electron chi connectivity index (χ2n) is 8.33. The fraction of sp³-hybridized carbons (Fsp3) is 0.217. The number of pyridine rings is 1. The molecule has 38 heavy (non-hydrogen) atoms. The van der Waals surface area contributed by atoms with E-state index in [2.05, 4.69) is 30.9 Å². The molecule has 1 unspecified atom stereocenters. The third-order valence-electron chi connectivity index (χ3n) is 5.37. The van der Waals surface area contributed by atoms with E-state index in [0.717, 1.165) is 0 Å². The molecule has 15 heteroatoms. The third kappa shape index (κ3) is 5.36. The van der Waals surface area contributed by atoms with E-state index in [1.54, 1.807) is 12.3 Å². The molecule has 10 nitrogen and oxygen atoms in total. The number of alkyl halides is 3. The Morgan fingerprint density at radius 3 is 2.66 bits per heavy atom.